The van der Waals surface area contributed by atoms with Crippen LogP contribution in [0.15, 0.2) is 46.1 Å². The number of hydrogen-bond acceptors (Lipinski definition) is 5. The fraction of sp³-hybridized carbons (Fsp3) is 0.548. The van der Waals surface area contributed by atoms with Crippen LogP contribution in [0.1, 0.15) is 87.0 Å². The summed E-state index contributed by atoms with van der Waals surface area (Å²) in [5.41, 5.74) is 0.706. The van der Waals surface area contributed by atoms with Crippen LogP contribution < -0.4 is 11.1 Å². The molecule has 8 nitrogen and oxygen atoms in total. The van der Waals surface area contributed by atoms with Crippen LogP contribution in [0.4, 0.5) is 0 Å². The highest BCUT2D eigenvalue weighted by atomic mass is 16.4. The van der Waals surface area contributed by atoms with Crippen LogP contribution in [0, 0.1) is 11.8 Å². The Morgan fingerprint density at radius 2 is 1.56 bits per heavy atom. The molecule has 4 bridgehead atoms. The number of rotatable bonds is 4. The van der Waals surface area contributed by atoms with Crippen LogP contribution >= 0.6 is 0 Å². The van der Waals surface area contributed by atoms with E-state index >= 15 is 0 Å². The van der Waals surface area contributed by atoms with Gasteiger partial charge in [0.1, 0.15) is 11.3 Å². The SMILES string of the molecule is O=C(O)c1cc(-c2nc3ccccc3n(C3C[C@H]4CCC[C@@H](C3)N4C3C[C@H]4CCC[C@@H](C3)C4)c2=O)c[nH]c1=O. The van der Waals surface area contributed by atoms with Gasteiger partial charge in [-0.2, -0.15) is 0 Å². The molecule has 2 saturated heterocycles. The number of carboxylic acid groups (broad SMARTS) is 1. The second-order valence-electron chi connectivity index (χ2n) is 12.4. The Hall–Kier alpha value is -3.26. The Bertz CT molecular complexity index is 1520. The van der Waals surface area contributed by atoms with Gasteiger partial charge < -0.3 is 14.7 Å². The molecule has 2 N–H and O–H groups in total. The van der Waals surface area contributed by atoms with E-state index in [2.05, 4.69) is 14.9 Å². The molecule has 2 aliphatic heterocycles. The normalized spacial score (nSPS) is 30.8. The van der Waals surface area contributed by atoms with Crippen molar-refractivity contribution in [1.29, 1.82) is 0 Å². The first-order chi connectivity index (χ1) is 19.0. The standard InChI is InChI=1S/C31H36N4O4/c36-29-25(31(38)39)14-20(17-32-29)28-30(37)35(27-10-2-1-9-26(27)33-28)24-15-21-7-4-8-22(16-24)34(21)23-12-18-5-3-6-19(11-18)13-23/h1-2,9-10,14,17-19,21-24H,3-8,11-13,15-16H2,(H,32,36)(H,38,39)/t18-,19+,21-,22+,23?,24?. The summed E-state index contributed by atoms with van der Waals surface area (Å²) in [4.78, 5) is 47.8. The number of para-hydroxylation sites is 2. The molecule has 2 unspecified atom stereocenters. The number of hydrogen-bond donors (Lipinski definition) is 2. The van der Waals surface area contributed by atoms with Gasteiger partial charge in [-0.15, -0.1) is 0 Å². The molecule has 0 radical (unpaired) electrons. The van der Waals surface area contributed by atoms with E-state index in [4.69, 9.17) is 0 Å². The molecule has 204 valence electrons. The lowest BCUT2D eigenvalue weighted by molar-refractivity contribution is -0.0485. The monoisotopic (exact) mass is 528 g/mol. The highest BCUT2D eigenvalue weighted by Gasteiger charge is 2.45. The van der Waals surface area contributed by atoms with Crippen molar-refractivity contribution >= 4 is 17.0 Å². The largest absolute Gasteiger partial charge is 0.477 e. The Morgan fingerprint density at radius 3 is 2.28 bits per heavy atom. The first-order valence-electron chi connectivity index (χ1n) is 14.7. The number of nitrogens with zero attached hydrogens (tertiary/aromatic N) is 3. The number of pyridine rings is 1. The minimum Gasteiger partial charge on any atom is -0.477 e. The van der Waals surface area contributed by atoms with Crippen molar-refractivity contribution in [2.45, 2.75) is 94.8 Å². The van der Waals surface area contributed by atoms with Crippen molar-refractivity contribution in [3.05, 3.63) is 62.8 Å². The number of benzene rings is 1. The fourth-order valence-electron chi connectivity index (χ4n) is 8.62. The van der Waals surface area contributed by atoms with Crippen molar-refractivity contribution in [3.63, 3.8) is 0 Å². The van der Waals surface area contributed by atoms with Crippen LogP contribution in [0.25, 0.3) is 22.3 Å². The zero-order chi connectivity index (χ0) is 26.7. The summed E-state index contributed by atoms with van der Waals surface area (Å²) >= 11 is 0. The van der Waals surface area contributed by atoms with Crippen molar-refractivity contribution < 1.29 is 9.90 Å². The summed E-state index contributed by atoms with van der Waals surface area (Å²) in [6.45, 7) is 0. The third-order valence-corrected chi connectivity index (χ3v) is 10.1. The first-order valence-corrected chi connectivity index (χ1v) is 14.7. The van der Waals surface area contributed by atoms with E-state index in [0.29, 0.717) is 29.2 Å². The molecular formula is C31H36N4O4. The van der Waals surface area contributed by atoms with Crippen LogP contribution in [-0.4, -0.2) is 48.6 Å². The maximum Gasteiger partial charge on any atom is 0.341 e. The quantitative estimate of drug-likeness (QED) is 0.495. The van der Waals surface area contributed by atoms with E-state index in [-0.39, 0.29) is 17.3 Å². The van der Waals surface area contributed by atoms with Crippen LogP contribution in [0.2, 0.25) is 0 Å². The molecule has 2 aromatic heterocycles. The number of nitrogens with one attached hydrogen (secondary N) is 1. The number of aromatic carboxylic acids is 1. The highest BCUT2D eigenvalue weighted by Crippen LogP contribution is 2.47. The van der Waals surface area contributed by atoms with E-state index < -0.39 is 17.1 Å². The number of fused-ring (bicyclic) bond motifs is 5. The first kappa shape index (κ1) is 24.8. The van der Waals surface area contributed by atoms with Gasteiger partial charge in [0.15, 0.2) is 0 Å². The molecule has 39 heavy (non-hydrogen) atoms. The average Bonchev–Trinajstić information content (AvgIpc) is 2.92. The fourth-order valence-corrected chi connectivity index (χ4v) is 8.62. The maximum atomic E-state index is 14.1. The van der Waals surface area contributed by atoms with Crippen LogP contribution in [0.5, 0.6) is 0 Å². The van der Waals surface area contributed by atoms with E-state index in [1.165, 1.54) is 70.1 Å². The lowest BCUT2D eigenvalue weighted by atomic mass is 9.68. The van der Waals surface area contributed by atoms with Crippen molar-refractivity contribution in [1.82, 2.24) is 19.4 Å². The van der Waals surface area contributed by atoms with Gasteiger partial charge in [-0.05, 0) is 75.0 Å². The van der Waals surface area contributed by atoms with Gasteiger partial charge in [0.25, 0.3) is 11.1 Å². The van der Waals surface area contributed by atoms with Gasteiger partial charge in [-0.1, -0.05) is 37.8 Å². The summed E-state index contributed by atoms with van der Waals surface area (Å²) in [5, 5.41) is 9.48. The molecule has 7 rings (SSSR count). The third kappa shape index (κ3) is 4.33. The van der Waals surface area contributed by atoms with E-state index in [1.807, 2.05) is 28.8 Å². The second-order valence-corrected chi connectivity index (χ2v) is 12.4. The van der Waals surface area contributed by atoms with Crippen molar-refractivity contribution in [3.8, 4) is 11.3 Å². The highest BCUT2D eigenvalue weighted by molar-refractivity contribution is 5.88. The molecule has 2 saturated carbocycles. The minimum absolute atomic E-state index is 0.0560. The Balaban J connectivity index is 1.27. The summed E-state index contributed by atoms with van der Waals surface area (Å²) in [7, 11) is 0. The molecule has 4 heterocycles. The van der Waals surface area contributed by atoms with Gasteiger partial charge in [0.05, 0.1) is 11.0 Å². The lowest BCUT2D eigenvalue weighted by Gasteiger charge is -2.55. The van der Waals surface area contributed by atoms with Crippen LogP contribution in [0.3, 0.4) is 0 Å². The molecule has 4 fully saturated rings. The smallest absolute Gasteiger partial charge is 0.341 e. The number of aromatic nitrogens is 3. The summed E-state index contributed by atoms with van der Waals surface area (Å²) in [6, 6.07) is 10.7. The molecule has 8 heteroatoms. The van der Waals surface area contributed by atoms with Crippen molar-refractivity contribution in [2.24, 2.45) is 11.8 Å². The number of carbonyl (C=O) groups is 1. The molecule has 0 spiro atoms. The van der Waals surface area contributed by atoms with Gasteiger partial charge in [0.2, 0.25) is 0 Å². The topological polar surface area (TPSA) is 108 Å². The summed E-state index contributed by atoms with van der Waals surface area (Å²) < 4.78 is 1.93. The zero-order valence-corrected chi connectivity index (χ0v) is 22.2. The molecule has 3 aromatic rings. The molecule has 6 atom stereocenters. The average molecular weight is 529 g/mol. The molecule has 2 aliphatic carbocycles. The Kier molecular flexibility index (Phi) is 6.18. The van der Waals surface area contributed by atoms with Gasteiger partial charge >= 0.3 is 5.97 Å². The third-order valence-electron chi connectivity index (χ3n) is 10.1. The summed E-state index contributed by atoms with van der Waals surface area (Å²) in [5.74, 6) is 0.456. The molecule has 4 aliphatic rings. The Labute approximate surface area is 227 Å². The predicted octanol–water partition coefficient (Wildman–Crippen LogP) is 4.98. The van der Waals surface area contributed by atoms with E-state index in [1.54, 1.807) is 0 Å². The maximum absolute atomic E-state index is 14.1. The van der Waals surface area contributed by atoms with Gasteiger partial charge in [-0.3, -0.25) is 14.5 Å². The number of carboxylic acids is 1. The molecule has 0 amide bonds. The lowest BCUT2D eigenvalue weighted by Crippen LogP contribution is -2.58. The van der Waals surface area contributed by atoms with Gasteiger partial charge in [0, 0.05) is 35.9 Å². The van der Waals surface area contributed by atoms with E-state index in [0.717, 1.165) is 30.2 Å². The Morgan fingerprint density at radius 1 is 0.872 bits per heavy atom. The number of piperidine rings is 2. The van der Waals surface area contributed by atoms with Crippen molar-refractivity contribution in [2.75, 3.05) is 0 Å². The predicted molar refractivity (Wildman–Crippen MR) is 149 cm³/mol. The van der Waals surface area contributed by atoms with Gasteiger partial charge in [-0.25, -0.2) is 9.78 Å². The number of aromatic amines is 1. The van der Waals surface area contributed by atoms with E-state index in [9.17, 15) is 19.5 Å². The second kappa shape index (κ2) is 9.73. The molecule has 1 aromatic carbocycles. The molecular weight excluding hydrogens is 492 g/mol. The number of H-pyrrole nitrogens is 1. The zero-order valence-electron chi connectivity index (χ0n) is 22.2. The minimum atomic E-state index is -1.33. The summed E-state index contributed by atoms with van der Waals surface area (Å²) in [6.07, 6.45) is 15.2. The van der Waals surface area contributed by atoms with Crippen LogP contribution in [-0.2, 0) is 0 Å².